The average molecular weight is 199 g/mol. The van der Waals surface area contributed by atoms with Crippen LogP contribution in [0.2, 0.25) is 0 Å². The van der Waals surface area contributed by atoms with Crippen LogP contribution in [0.3, 0.4) is 0 Å². The van der Waals surface area contributed by atoms with Crippen LogP contribution in [-0.4, -0.2) is 24.0 Å². The predicted octanol–water partition coefficient (Wildman–Crippen LogP) is 2.09. The summed E-state index contributed by atoms with van der Waals surface area (Å²) in [5, 5.41) is 9.04. The van der Waals surface area contributed by atoms with Crippen molar-refractivity contribution in [2.75, 3.05) is 6.61 Å². The Hall–Kier alpha value is -0.120. The Morgan fingerprint density at radius 3 is 2.71 bits per heavy atom. The highest BCUT2D eigenvalue weighted by Gasteiger charge is 2.28. The first-order valence-corrected chi connectivity index (χ1v) is 5.91. The third kappa shape index (κ3) is 2.47. The fraction of sp³-hybridized carbons (Fsp3) is 1.00. The number of hydrogen-bond acceptors (Lipinski definition) is 3. The van der Waals surface area contributed by atoms with Crippen molar-refractivity contribution in [2.45, 2.75) is 57.1 Å². The van der Waals surface area contributed by atoms with Crippen molar-refractivity contribution >= 4 is 0 Å². The Morgan fingerprint density at radius 2 is 2.00 bits per heavy atom. The normalized spacial score (nSPS) is 38.8. The lowest BCUT2D eigenvalue weighted by atomic mass is 9.81. The second kappa shape index (κ2) is 5.10. The highest BCUT2D eigenvalue weighted by Crippen LogP contribution is 2.30. The summed E-state index contributed by atoms with van der Waals surface area (Å²) in [6, 6.07) is 0.313. The summed E-state index contributed by atoms with van der Waals surface area (Å²) in [7, 11) is 0. The molecule has 0 bridgehead atoms. The smallest absolute Gasteiger partial charge is 0.0579 e. The van der Waals surface area contributed by atoms with Crippen molar-refractivity contribution in [2.24, 2.45) is 5.92 Å². The number of hydroxylamine groups is 1. The van der Waals surface area contributed by atoms with Crippen LogP contribution >= 0.6 is 0 Å². The van der Waals surface area contributed by atoms with E-state index in [9.17, 15) is 0 Å². The minimum absolute atomic E-state index is 0.313. The molecule has 82 valence electrons. The van der Waals surface area contributed by atoms with Gasteiger partial charge in [-0.3, -0.25) is 0 Å². The van der Waals surface area contributed by atoms with Gasteiger partial charge in [-0.25, -0.2) is 5.48 Å². The summed E-state index contributed by atoms with van der Waals surface area (Å²) < 4.78 is 5.64. The maximum Gasteiger partial charge on any atom is 0.0579 e. The molecule has 1 saturated carbocycles. The maximum atomic E-state index is 9.04. The molecule has 1 aliphatic carbocycles. The highest BCUT2D eigenvalue weighted by molar-refractivity contribution is 4.82. The summed E-state index contributed by atoms with van der Waals surface area (Å²) in [6.07, 6.45) is 8.97. The van der Waals surface area contributed by atoms with Crippen LogP contribution in [0.15, 0.2) is 0 Å². The molecule has 1 aliphatic heterocycles. The number of rotatable bonds is 3. The minimum atomic E-state index is 0.313. The molecule has 2 fully saturated rings. The molecule has 3 nitrogen and oxygen atoms in total. The second-order valence-electron chi connectivity index (χ2n) is 4.65. The number of nitrogens with one attached hydrogen (secondary N) is 1. The van der Waals surface area contributed by atoms with E-state index in [0.717, 1.165) is 19.4 Å². The van der Waals surface area contributed by atoms with Gasteiger partial charge in [-0.2, -0.15) is 0 Å². The van der Waals surface area contributed by atoms with Gasteiger partial charge in [0.2, 0.25) is 0 Å². The lowest BCUT2D eigenvalue weighted by molar-refractivity contribution is 0.0376. The lowest BCUT2D eigenvalue weighted by Crippen LogP contribution is -2.38. The Kier molecular flexibility index (Phi) is 3.79. The molecule has 2 aliphatic rings. The van der Waals surface area contributed by atoms with E-state index in [1.807, 2.05) is 0 Å². The molecule has 1 heterocycles. The quantitative estimate of drug-likeness (QED) is 0.684. The molecule has 0 aromatic heterocycles. The summed E-state index contributed by atoms with van der Waals surface area (Å²) in [5.74, 6) is 0.622. The summed E-state index contributed by atoms with van der Waals surface area (Å²) in [6.45, 7) is 0.939. The highest BCUT2D eigenvalue weighted by atomic mass is 16.5. The summed E-state index contributed by atoms with van der Waals surface area (Å²) >= 11 is 0. The van der Waals surface area contributed by atoms with Crippen LogP contribution < -0.4 is 5.48 Å². The average Bonchev–Trinajstić information content (AvgIpc) is 2.71. The van der Waals surface area contributed by atoms with Gasteiger partial charge in [0.05, 0.1) is 6.10 Å². The molecular formula is C11H21NO2. The third-order valence-electron chi connectivity index (χ3n) is 3.66. The number of hydrogen-bond donors (Lipinski definition) is 2. The van der Waals surface area contributed by atoms with Crippen LogP contribution in [0.1, 0.15) is 44.9 Å². The van der Waals surface area contributed by atoms with Crippen molar-refractivity contribution in [1.82, 2.24) is 5.48 Å². The predicted molar refractivity (Wildman–Crippen MR) is 54.3 cm³/mol. The Bertz CT molecular complexity index is 169. The van der Waals surface area contributed by atoms with E-state index in [1.165, 1.54) is 32.1 Å². The molecule has 3 atom stereocenters. The van der Waals surface area contributed by atoms with E-state index < -0.39 is 0 Å². The van der Waals surface area contributed by atoms with Crippen molar-refractivity contribution in [3.05, 3.63) is 0 Å². The Balaban J connectivity index is 1.81. The van der Waals surface area contributed by atoms with Gasteiger partial charge in [0, 0.05) is 12.6 Å². The molecule has 0 amide bonds. The van der Waals surface area contributed by atoms with Crippen LogP contribution in [0.25, 0.3) is 0 Å². The molecule has 3 heteroatoms. The molecule has 1 saturated heterocycles. The Morgan fingerprint density at radius 1 is 1.14 bits per heavy atom. The van der Waals surface area contributed by atoms with E-state index in [1.54, 1.807) is 0 Å². The van der Waals surface area contributed by atoms with E-state index in [2.05, 4.69) is 5.48 Å². The lowest BCUT2D eigenvalue weighted by Gasteiger charge is -2.31. The molecule has 0 aromatic rings. The molecule has 0 aromatic carbocycles. The zero-order valence-corrected chi connectivity index (χ0v) is 8.74. The summed E-state index contributed by atoms with van der Waals surface area (Å²) in [4.78, 5) is 0. The molecule has 2 rings (SSSR count). The molecular weight excluding hydrogens is 178 g/mol. The molecule has 3 unspecified atom stereocenters. The monoisotopic (exact) mass is 199 g/mol. The van der Waals surface area contributed by atoms with Crippen LogP contribution in [0, 0.1) is 5.92 Å². The maximum absolute atomic E-state index is 9.04. The van der Waals surface area contributed by atoms with Crippen LogP contribution in [0.4, 0.5) is 0 Å². The van der Waals surface area contributed by atoms with Crippen LogP contribution in [-0.2, 0) is 4.74 Å². The van der Waals surface area contributed by atoms with Gasteiger partial charge in [-0.15, -0.1) is 0 Å². The van der Waals surface area contributed by atoms with E-state index in [0.29, 0.717) is 18.1 Å². The van der Waals surface area contributed by atoms with E-state index >= 15 is 0 Å². The molecule has 0 radical (unpaired) electrons. The van der Waals surface area contributed by atoms with E-state index in [4.69, 9.17) is 9.94 Å². The van der Waals surface area contributed by atoms with Gasteiger partial charge in [0.15, 0.2) is 0 Å². The zero-order chi connectivity index (χ0) is 9.80. The van der Waals surface area contributed by atoms with E-state index in [-0.39, 0.29) is 0 Å². The minimum Gasteiger partial charge on any atom is -0.378 e. The van der Waals surface area contributed by atoms with Gasteiger partial charge < -0.3 is 9.94 Å². The fourth-order valence-electron chi connectivity index (χ4n) is 2.83. The van der Waals surface area contributed by atoms with Gasteiger partial charge in [0.1, 0.15) is 0 Å². The van der Waals surface area contributed by atoms with Gasteiger partial charge in [-0.1, -0.05) is 12.8 Å². The molecule has 0 spiro atoms. The SMILES string of the molecule is ONC1CCCCC1CC1CCCO1. The summed E-state index contributed by atoms with van der Waals surface area (Å²) in [5.41, 5.74) is 2.47. The number of ether oxygens (including phenoxy) is 1. The fourth-order valence-corrected chi connectivity index (χ4v) is 2.83. The van der Waals surface area contributed by atoms with Crippen LogP contribution in [0.5, 0.6) is 0 Å². The zero-order valence-electron chi connectivity index (χ0n) is 8.74. The standard InChI is InChI=1S/C11H21NO2/c13-12-11-6-2-1-4-9(11)8-10-5-3-7-14-10/h9-13H,1-8H2. The first-order chi connectivity index (χ1) is 6.90. The van der Waals surface area contributed by atoms with Gasteiger partial charge in [-0.05, 0) is 38.0 Å². The first kappa shape index (κ1) is 10.4. The third-order valence-corrected chi connectivity index (χ3v) is 3.66. The van der Waals surface area contributed by atoms with Gasteiger partial charge in [0.25, 0.3) is 0 Å². The Labute approximate surface area is 85.8 Å². The van der Waals surface area contributed by atoms with Crippen molar-refractivity contribution < 1.29 is 9.94 Å². The second-order valence-corrected chi connectivity index (χ2v) is 4.65. The van der Waals surface area contributed by atoms with Crippen molar-refractivity contribution in [1.29, 1.82) is 0 Å². The molecule has 2 N–H and O–H groups in total. The first-order valence-electron chi connectivity index (χ1n) is 5.91. The molecule has 14 heavy (non-hydrogen) atoms. The van der Waals surface area contributed by atoms with Crippen molar-refractivity contribution in [3.63, 3.8) is 0 Å². The topological polar surface area (TPSA) is 41.5 Å². The van der Waals surface area contributed by atoms with Gasteiger partial charge >= 0.3 is 0 Å². The largest absolute Gasteiger partial charge is 0.378 e. The van der Waals surface area contributed by atoms with Crippen molar-refractivity contribution in [3.8, 4) is 0 Å².